The molecule has 0 N–H and O–H groups in total. The SMILES string of the molecule is CC(C)c1nc(N(C)C)nc(-c2ccc(F)cc2)c1C(C)C. The van der Waals surface area contributed by atoms with Gasteiger partial charge >= 0.3 is 0 Å². The number of nitrogens with zero attached hydrogens (tertiary/aromatic N) is 3. The van der Waals surface area contributed by atoms with Crippen molar-refractivity contribution in [3.63, 3.8) is 0 Å². The van der Waals surface area contributed by atoms with Crippen molar-refractivity contribution in [2.24, 2.45) is 0 Å². The van der Waals surface area contributed by atoms with Crippen molar-refractivity contribution in [1.82, 2.24) is 9.97 Å². The van der Waals surface area contributed by atoms with Gasteiger partial charge in [0.15, 0.2) is 0 Å². The summed E-state index contributed by atoms with van der Waals surface area (Å²) in [5.41, 5.74) is 4.04. The van der Waals surface area contributed by atoms with Crippen molar-refractivity contribution in [2.45, 2.75) is 39.5 Å². The first kappa shape index (κ1) is 16.4. The second kappa shape index (κ2) is 6.42. The van der Waals surface area contributed by atoms with Crippen molar-refractivity contribution in [1.29, 1.82) is 0 Å². The standard InChI is InChI=1S/C18H24FN3/c1-11(2)15-16(12(3)4)20-18(22(5)6)21-17(15)13-7-9-14(19)10-8-13/h7-12H,1-6H3. The van der Waals surface area contributed by atoms with Gasteiger partial charge in [0.05, 0.1) is 11.4 Å². The van der Waals surface area contributed by atoms with Gasteiger partial charge < -0.3 is 4.90 Å². The Bertz CT molecular complexity index is 646. The van der Waals surface area contributed by atoms with Crippen molar-refractivity contribution < 1.29 is 4.39 Å². The second-order valence-electron chi connectivity index (χ2n) is 6.38. The van der Waals surface area contributed by atoms with Crippen LogP contribution in [0.3, 0.4) is 0 Å². The molecule has 0 saturated heterocycles. The maximum atomic E-state index is 13.2. The van der Waals surface area contributed by atoms with Crippen molar-refractivity contribution in [3.8, 4) is 11.3 Å². The largest absolute Gasteiger partial charge is 0.347 e. The van der Waals surface area contributed by atoms with E-state index in [1.54, 1.807) is 12.1 Å². The molecule has 0 aliphatic heterocycles. The fourth-order valence-electron chi connectivity index (χ4n) is 2.51. The van der Waals surface area contributed by atoms with Gasteiger partial charge in [0, 0.05) is 25.2 Å². The number of anilines is 1. The molecule has 0 bridgehead atoms. The molecule has 2 rings (SSSR count). The summed E-state index contributed by atoms with van der Waals surface area (Å²) in [5.74, 6) is 1.06. The lowest BCUT2D eigenvalue weighted by Gasteiger charge is -2.22. The van der Waals surface area contributed by atoms with Crippen LogP contribution in [-0.2, 0) is 0 Å². The number of hydrogen-bond acceptors (Lipinski definition) is 3. The Hall–Kier alpha value is -1.97. The topological polar surface area (TPSA) is 29.0 Å². The summed E-state index contributed by atoms with van der Waals surface area (Å²) in [5, 5.41) is 0. The van der Waals surface area contributed by atoms with Crippen LogP contribution in [-0.4, -0.2) is 24.1 Å². The molecule has 1 aromatic carbocycles. The molecule has 0 radical (unpaired) electrons. The van der Waals surface area contributed by atoms with Gasteiger partial charge in [-0.25, -0.2) is 14.4 Å². The number of aromatic nitrogens is 2. The Balaban J connectivity index is 2.75. The Labute approximate surface area is 132 Å². The molecular formula is C18H24FN3. The van der Waals surface area contributed by atoms with Crippen LogP contribution in [0.2, 0.25) is 0 Å². The van der Waals surface area contributed by atoms with Crippen molar-refractivity contribution in [2.75, 3.05) is 19.0 Å². The molecule has 0 aliphatic carbocycles. The highest BCUT2D eigenvalue weighted by molar-refractivity contribution is 5.66. The fraction of sp³-hybridized carbons (Fsp3) is 0.444. The molecule has 0 unspecified atom stereocenters. The highest BCUT2D eigenvalue weighted by Gasteiger charge is 2.21. The maximum absolute atomic E-state index is 13.2. The number of hydrogen-bond donors (Lipinski definition) is 0. The molecule has 0 fully saturated rings. The number of rotatable bonds is 4. The van der Waals surface area contributed by atoms with E-state index in [2.05, 4.69) is 27.7 Å². The van der Waals surface area contributed by atoms with Crippen molar-refractivity contribution in [3.05, 3.63) is 41.3 Å². The third-order valence-corrected chi connectivity index (χ3v) is 3.61. The molecule has 118 valence electrons. The van der Waals surface area contributed by atoms with Crippen LogP contribution < -0.4 is 4.90 Å². The maximum Gasteiger partial charge on any atom is 0.225 e. The van der Waals surface area contributed by atoms with E-state index in [1.165, 1.54) is 12.1 Å². The first-order valence-electron chi connectivity index (χ1n) is 7.66. The molecule has 0 amide bonds. The minimum absolute atomic E-state index is 0.235. The van der Waals surface area contributed by atoms with E-state index in [0.717, 1.165) is 22.5 Å². The molecule has 0 spiro atoms. The molecule has 2 aromatic rings. The van der Waals surface area contributed by atoms with Gasteiger partial charge in [-0.15, -0.1) is 0 Å². The molecule has 4 heteroatoms. The highest BCUT2D eigenvalue weighted by atomic mass is 19.1. The summed E-state index contributed by atoms with van der Waals surface area (Å²) in [6, 6.07) is 6.53. The summed E-state index contributed by atoms with van der Waals surface area (Å²) in [7, 11) is 3.87. The zero-order valence-electron chi connectivity index (χ0n) is 14.2. The predicted molar refractivity (Wildman–Crippen MR) is 89.9 cm³/mol. The van der Waals surface area contributed by atoms with Crippen LogP contribution in [0.4, 0.5) is 10.3 Å². The van der Waals surface area contributed by atoms with Gasteiger partial charge in [0.2, 0.25) is 5.95 Å². The summed E-state index contributed by atoms with van der Waals surface area (Å²) in [4.78, 5) is 11.4. The fourth-order valence-corrected chi connectivity index (χ4v) is 2.51. The summed E-state index contributed by atoms with van der Waals surface area (Å²) >= 11 is 0. The van der Waals surface area contributed by atoms with E-state index in [0.29, 0.717) is 17.8 Å². The smallest absolute Gasteiger partial charge is 0.225 e. The molecule has 22 heavy (non-hydrogen) atoms. The monoisotopic (exact) mass is 301 g/mol. The molecular weight excluding hydrogens is 277 g/mol. The first-order chi connectivity index (χ1) is 10.3. The zero-order valence-corrected chi connectivity index (χ0v) is 14.2. The van der Waals surface area contributed by atoms with Crippen molar-refractivity contribution >= 4 is 5.95 Å². The highest BCUT2D eigenvalue weighted by Crippen LogP contribution is 2.34. The third-order valence-electron chi connectivity index (χ3n) is 3.61. The lowest BCUT2D eigenvalue weighted by molar-refractivity contribution is 0.628. The van der Waals surface area contributed by atoms with E-state index < -0.39 is 0 Å². The lowest BCUT2D eigenvalue weighted by atomic mass is 9.91. The van der Waals surface area contributed by atoms with E-state index in [9.17, 15) is 4.39 Å². The summed E-state index contributed by atoms with van der Waals surface area (Å²) < 4.78 is 13.2. The minimum Gasteiger partial charge on any atom is -0.347 e. The van der Waals surface area contributed by atoms with Gasteiger partial charge in [0.1, 0.15) is 5.82 Å². The van der Waals surface area contributed by atoms with Gasteiger partial charge in [0.25, 0.3) is 0 Å². The van der Waals surface area contributed by atoms with Crippen LogP contribution in [0, 0.1) is 5.82 Å². The predicted octanol–water partition coefficient (Wildman–Crippen LogP) is 4.60. The van der Waals surface area contributed by atoms with E-state index in [4.69, 9.17) is 9.97 Å². The molecule has 0 saturated carbocycles. The van der Waals surface area contributed by atoms with Gasteiger partial charge in [-0.05, 0) is 36.1 Å². The normalized spacial score (nSPS) is 11.3. The first-order valence-corrected chi connectivity index (χ1v) is 7.66. The number of halogens is 1. The quantitative estimate of drug-likeness (QED) is 0.826. The molecule has 1 aromatic heterocycles. The second-order valence-corrected chi connectivity index (χ2v) is 6.38. The van der Waals surface area contributed by atoms with E-state index in [1.807, 2.05) is 19.0 Å². The lowest BCUT2D eigenvalue weighted by Crippen LogP contribution is -2.17. The number of benzene rings is 1. The van der Waals surface area contributed by atoms with E-state index in [-0.39, 0.29) is 5.82 Å². The van der Waals surface area contributed by atoms with Gasteiger partial charge in [-0.2, -0.15) is 0 Å². The van der Waals surface area contributed by atoms with Crippen LogP contribution in [0.5, 0.6) is 0 Å². The van der Waals surface area contributed by atoms with Crippen LogP contribution >= 0.6 is 0 Å². The summed E-state index contributed by atoms with van der Waals surface area (Å²) in [6.45, 7) is 8.57. The zero-order chi connectivity index (χ0) is 16.4. The molecule has 0 aliphatic rings. The molecule has 3 nitrogen and oxygen atoms in total. The van der Waals surface area contributed by atoms with Crippen LogP contribution in [0.25, 0.3) is 11.3 Å². The minimum atomic E-state index is -0.235. The van der Waals surface area contributed by atoms with Gasteiger partial charge in [-0.3, -0.25) is 0 Å². The average molecular weight is 301 g/mol. The Morgan fingerprint density at radius 3 is 1.95 bits per heavy atom. The van der Waals surface area contributed by atoms with Gasteiger partial charge in [-0.1, -0.05) is 27.7 Å². The van der Waals surface area contributed by atoms with E-state index >= 15 is 0 Å². The third kappa shape index (κ3) is 3.26. The summed E-state index contributed by atoms with van der Waals surface area (Å²) in [6.07, 6.45) is 0. The average Bonchev–Trinajstić information content (AvgIpc) is 2.46. The Morgan fingerprint density at radius 2 is 1.50 bits per heavy atom. The Morgan fingerprint density at radius 1 is 0.909 bits per heavy atom. The van der Waals surface area contributed by atoms with Crippen LogP contribution in [0.1, 0.15) is 50.8 Å². The molecule has 0 atom stereocenters. The molecule has 1 heterocycles. The van der Waals surface area contributed by atoms with Crippen LogP contribution in [0.15, 0.2) is 24.3 Å². The Kier molecular flexibility index (Phi) is 4.79.